The van der Waals surface area contributed by atoms with Gasteiger partial charge in [0.1, 0.15) is 11.9 Å². The van der Waals surface area contributed by atoms with Crippen LogP contribution in [0, 0.1) is 6.92 Å². The second kappa shape index (κ2) is 8.57. The molecule has 0 spiro atoms. The van der Waals surface area contributed by atoms with Crippen LogP contribution in [-0.4, -0.2) is 47.4 Å². The van der Waals surface area contributed by atoms with Crippen molar-refractivity contribution in [3.05, 3.63) is 46.6 Å². The maximum absolute atomic E-state index is 13.2. The van der Waals surface area contributed by atoms with E-state index in [9.17, 15) is 22.8 Å². The lowest BCUT2D eigenvalue weighted by molar-refractivity contribution is -0.137. The molecule has 0 aliphatic carbocycles. The quantitative estimate of drug-likeness (QED) is 0.776. The third kappa shape index (κ3) is 4.11. The van der Waals surface area contributed by atoms with Crippen LogP contribution in [0.5, 0.6) is 0 Å². The van der Waals surface area contributed by atoms with Crippen molar-refractivity contribution in [2.75, 3.05) is 24.7 Å². The molecular weight excluding hydrogens is 425 g/mol. The van der Waals surface area contributed by atoms with Crippen molar-refractivity contribution < 1.29 is 27.5 Å². The Morgan fingerprint density at radius 1 is 1.28 bits per heavy atom. The lowest BCUT2D eigenvalue weighted by Gasteiger charge is -2.34. The van der Waals surface area contributed by atoms with E-state index in [1.807, 2.05) is 18.5 Å². The monoisotopic (exact) mass is 450 g/mol. The van der Waals surface area contributed by atoms with E-state index in [0.717, 1.165) is 42.0 Å². The summed E-state index contributed by atoms with van der Waals surface area (Å²) in [5, 5.41) is 7.32. The van der Waals surface area contributed by atoms with Crippen LogP contribution in [-0.2, 0) is 22.1 Å². The molecular formula is C22H25F3N4O3. The summed E-state index contributed by atoms with van der Waals surface area (Å²) in [7, 11) is 0. The van der Waals surface area contributed by atoms with Crippen molar-refractivity contribution >= 4 is 17.6 Å². The van der Waals surface area contributed by atoms with Crippen LogP contribution < -0.4 is 10.2 Å². The molecule has 1 N–H and O–H groups in total. The first kappa shape index (κ1) is 22.3. The van der Waals surface area contributed by atoms with Crippen molar-refractivity contribution in [1.82, 2.24) is 15.1 Å². The van der Waals surface area contributed by atoms with E-state index in [2.05, 4.69) is 10.4 Å². The predicted molar refractivity (Wildman–Crippen MR) is 110 cm³/mol. The van der Waals surface area contributed by atoms with E-state index in [-0.39, 0.29) is 23.9 Å². The van der Waals surface area contributed by atoms with E-state index in [0.29, 0.717) is 19.8 Å². The number of alkyl halides is 3. The summed E-state index contributed by atoms with van der Waals surface area (Å²) in [5.41, 5.74) is 0.588. The van der Waals surface area contributed by atoms with Crippen molar-refractivity contribution in [3.63, 3.8) is 0 Å². The molecule has 0 radical (unpaired) electrons. The minimum Gasteiger partial charge on any atom is -0.381 e. The molecule has 2 aliphatic rings. The maximum Gasteiger partial charge on any atom is 0.416 e. The van der Waals surface area contributed by atoms with Gasteiger partial charge >= 0.3 is 6.18 Å². The van der Waals surface area contributed by atoms with Crippen LogP contribution >= 0.6 is 0 Å². The summed E-state index contributed by atoms with van der Waals surface area (Å²) in [6, 6.07) is 3.43. The Bertz CT molecular complexity index is 1030. The number of nitrogens with zero attached hydrogens (tertiary/aromatic N) is 3. The number of aryl methyl sites for hydroxylation is 1. The molecule has 2 aromatic rings. The minimum atomic E-state index is -4.55. The standard InChI is InChI=1S/C22H25F3N4O3/c1-3-28-20-17(13(2)27-29(20)16-7-9-32-10-8-16)12-18(21(28)31)26-19(30)14-5-4-6-15(11-14)22(23,24)25/h4-6,11,16,18H,3,7-10,12H2,1-2H3,(H,26,30). The van der Waals surface area contributed by atoms with E-state index >= 15 is 0 Å². The Balaban J connectivity index is 1.60. The highest BCUT2D eigenvalue weighted by Crippen LogP contribution is 2.35. The molecule has 1 aromatic carbocycles. The lowest BCUT2D eigenvalue weighted by Crippen LogP contribution is -2.53. The van der Waals surface area contributed by atoms with Crippen molar-refractivity contribution in [1.29, 1.82) is 0 Å². The van der Waals surface area contributed by atoms with Gasteiger partial charge in [-0.25, -0.2) is 4.68 Å². The molecule has 1 unspecified atom stereocenters. The Labute approximate surface area is 183 Å². The molecule has 10 heteroatoms. The van der Waals surface area contributed by atoms with Gasteiger partial charge in [-0.05, 0) is 44.9 Å². The summed E-state index contributed by atoms with van der Waals surface area (Å²) in [6.45, 7) is 5.36. The van der Waals surface area contributed by atoms with Gasteiger partial charge < -0.3 is 10.1 Å². The second-order valence-corrected chi connectivity index (χ2v) is 8.07. The number of amides is 2. The number of fused-ring (bicyclic) bond motifs is 1. The SMILES string of the molecule is CCN1C(=O)C(NC(=O)c2cccc(C(F)(F)F)c2)Cc2c(C)nn(C3CCOCC3)c21. The second-order valence-electron chi connectivity index (χ2n) is 8.07. The van der Waals surface area contributed by atoms with Gasteiger partial charge in [0.05, 0.1) is 17.3 Å². The molecule has 0 saturated carbocycles. The molecule has 1 atom stereocenters. The van der Waals surface area contributed by atoms with E-state index in [4.69, 9.17) is 4.74 Å². The topological polar surface area (TPSA) is 76.5 Å². The van der Waals surface area contributed by atoms with Crippen LogP contribution in [0.3, 0.4) is 0 Å². The maximum atomic E-state index is 13.2. The zero-order chi connectivity index (χ0) is 23.0. The Hall–Kier alpha value is -2.88. The molecule has 172 valence electrons. The summed E-state index contributed by atoms with van der Waals surface area (Å²) in [6.07, 6.45) is -2.71. The number of ether oxygens (including phenoxy) is 1. The number of anilines is 1. The van der Waals surface area contributed by atoms with Crippen LogP contribution in [0.25, 0.3) is 0 Å². The smallest absolute Gasteiger partial charge is 0.381 e. The zero-order valence-corrected chi connectivity index (χ0v) is 17.9. The zero-order valence-electron chi connectivity index (χ0n) is 17.9. The number of benzene rings is 1. The summed E-state index contributed by atoms with van der Waals surface area (Å²) in [4.78, 5) is 27.5. The third-order valence-corrected chi connectivity index (χ3v) is 6.02. The largest absolute Gasteiger partial charge is 0.416 e. The molecule has 1 saturated heterocycles. The molecule has 1 aromatic heterocycles. The first-order valence-electron chi connectivity index (χ1n) is 10.7. The number of nitrogens with one attached hydrogen (secondary N) is 1. The van der Waals surface area contributed by atoms with Crippen molar-refractivity contribution in [3.8, 4) is 0 Å². The van der Waals surface area contributed by atoms with Gasteiger partial charge in [0.15, 0.2) is 0 Å². The minimum absolute atomic E-state index is 0.129. The highest BCUT2D eigenvalue weighted by atomic mass is 19.4. The molecule has 3 heterocycles. The summed E-state index contributed by atoms with van der Waals surface area (Å²) < 4.78 is 46.4. The summed E-state index contributed by atoms with van der Waals surface area (Å²) in [5.74, 6) is -0.275. The first-order chi connectivity index (χ1) is 15.2. The lowest BCUT2D eigenvalue weighted by atomic mass is 9.98. The van der Waals surface area contributed by atoms with Crippen molar-refractivity contribution in [2.45, 2.75) is 51.4 Å². The van der Waals surface area contributed by atoms with E-state index < -0.39 is 23.7 Å². The molecule has 2 aliphatic heterocycles. The molecule has 2 amide bonds. The van der Waals surface area contributed by atoms with Crippen LogP contribution in [0.4, 0.5) is 19.0 Å². The number of hydrogen-bond donors (Lipinski definition) is 1. The number of hydrogen-bond acceptors (Lipinski definition) is 4. The van der Waals surface area contributed by atoms with Gasteiger partial charge in [0, 0.05) is 37.3 Å². The van der Waals surface area contributed by atoms with Crippen LogP contribution in [0.1, 0.15) is 53.0 Å². The third-order valence-electron chi connectivity index (χ3n) is 6.02. The van der Waals surface area contributed by atoms with Gasteiger partial charge in [-0.3, -0.25) is 14.5 Å². The molecule has 1 fully saturated rings. The number of halogens is 3. The molecule has 4 rings (SSSR count). The van der Waals surface area contributed by atoms with Crippen LogP contribution in [0.15, 0.2) is 24.3 Å². The number of rotatable bonds is 4. The molecule has 0 bridgehead atoms. The van der Waals surface area contributed by atoms with E-state index in [1.54, 1.807) is 4.90 Å². The number of likely N-dealkylation sites (N-methyl/N-ethyl adjacent to an activating group) is 1. The van der Waals surface area contributed by atoms with Gasteiger partial charge in [0.2, 0.25) is 0 Å². The average molecular weight is 450 g/mol. The number of carbonyl (C=O) groups excluding carboxylic acids is 2. The fourth-order valence-corrected chi connectivity index (χ4v) is 4.36. The Kier molecular flexibility index (Phi) is 5.98. The average Bonchev–Trinajstić information content (AvgIpc) is 3.10. The molecule has 32 heavy (non-hydrogen) atoms. The first-order valence-corrected chi connectivity index (χ1v) is 10.7. The van der Waals surface area contributed by atoms with Crippen molar-refractivity contribution in [2.24, 2.45) is 0 Å². The van der Waals surface area contributed by atoms with E-state index in [1.165, 1.54) is 12.1 Å². The molecule has 7 nitrogen and oxygen atoms in total. The number of carbonyl (C=O) groups is 2. The fraction of sp³-hybridized carbons (Fsp3) is 0.500. The summed E-state index contributed by atoms with van der Waals surface area (Å²) >= 11 is 0. The normalized spacial score (nSPS) is 19.7. The highest BCUT2D eigenvalue weighted by molar-refractivity contribution is 6.04. The fourth-order valence-electron chi connectivity index (χ4n) is 4.36. The predicted octanol–water partition coefficient (Wildman–Crippen LogP) is 3.27. The van der Waals surface area contributed by atoms with Gasteiger partial charge in [-0.1, -0.05) is 6.07 Å². The Morgan fingerprint density at radius 3 is 2.66 bits per heavy atom. The van der Waals surface area contributed by atoms with Gasteiger partial charge in [-0.15, -0.1) is 0 Å². The van der Waals surface area contributed by atoms with Gasteiger partial charge in [0.25, 0.3) is 11.8 Å². The number of aromatic nitrogens is 2. The van der Waals surface area contributed by atoms with Crippen LogP contribution in [0.2, 0.25) is 0 Å². The van der Waals surface area contributed by atoms with Gasteiger partial charge in [-0.2, -0.15) is 18.3 Å². The highest BCUT2D eigenvalue weighted by Gasteiger charge is 2.39. The Morgan fingerprint density at radius 2 is 2.00 bits per heavy atom.